The summed E-state index contributed by atoms with van der Waals surface area (Å²) >= 11 is 18.4. The highest BCUT2D eigenvalue weighted by atomic mass is 35.5. The SMILES string of the molecule is COc1ccc(Oc2cc(Cl)nc(Oc3ccc(OC)cc3Cl)n2)c(Cl)c1. The molecule has 0 N–H and O–H groups in total. The summed E-state index contributed by atoms with van der Waals surface area (Å²) in [6.07, 6.45) is 0. The number of hydrogen-bond donors (Lipinski definition) is 0. The third-order valence-electron chi connectivity index (χ3n) is 3.34. The van der Waals surface area contributed by atoms with Gasteiger partial charge < -0.3 is 18.9 Å². The first-order valence-corrected chi connectivity index (χ1v) is 8.69. The van der Waals surface area contributed by atoms with E-state index in [0.717, 1.165) is 0 Å². The van der Waals surface area contributed by atoms with Crippen LogP contribution >= 0.6 is 34.8 Å². The number of benzene rings is 2. The van der Waals surface area contributed by atoms with Crippen molar-refractivity contribution in [2.45, 2.75) is 0 Å². The van der Waals surface area contributed by atoms with Crippen LogP contribution in [0.5, 0.6) is 34.9 Å². The second-order valence-corrected chi connectivity index (χ2v) is 6.31. The maximum Gasteiger partial charge on any atom is 0.326 e. The van der Waals surface area contributed by atoms with E-state index >= 15 is 0 Å². The van der Waals surface area contributed by atoms with E-state index in [1.807, 2.05) is 0 Å². The van der Waals surface area contributed by atoms with E-state index < -0.39 is 0 Å². The zero-order valence-corrected chi connectivity index (χ0v) is 16.5. The summed E-state index contributed by atoms with van der Waals surface area (Å²) in [5.74, 6) is 2.07. The Kier molecular flexibility index (Phi) is 6.11. The Hall–Kier alpha value is -2.41. The summed E-state index contributed by atoms with van der Waals surface area (Å²) in [6.45, 7) is 0. The van der Waals surface area contributed by atoms with Gasteiger partial charge in [0.05, 0.1) is 24.3 Å². The van der Waals surface area contributed by atoms with Gasteiger partial charge in [0.1, 0.15) is 28.2 Å². The van der Waals surface area contributed by atoms with Crippen LogP contribution in [0.4, 0.5) is 0 Å². The molecule has 0 aliphatic heterocycles. The number of aromatic nitrogens is 2. The highest BCUT2D eigenvalue weighted by Gasteiger charge is 2.12. The van der Waals surface area contributed by atoms with Crippen molar-refractivity contribution in [2.75, 3.05) is 14.2 Å². The molecule has 1 aromatic heterocycles. The fraction of sp³-hybridized carbons (Fsp3) is 0.111. The maximum atomic E-state index is 6.17. The molecule has 3 rings (SSSR count). The first kappa shape index (κ1) is 19.4. The van der Waals surface area contributed by atoms with E-state index in [1.165, 1.54) is 6.07 Å². The molecule has 3 aromatic rings. The zero-order chi connectivity index (χ0) is 19.4. The average molecular weight is 428 g/mol. The van der Waals surface area contributed by atoms with Crippen LogP contribution in [-0.4, -0.2) is 24.2 Å². The molecule has 2 aromatic carbocycles. The molecule has 6 nitrogen and oxygen atoms in total. The molecule has 1 heterocycles. The molecule has 140 valence electrons. The van der Waals surface area contributed by atoms with Gasteiger partial charge in [-0.05, 0) is 24.3 Å². The van der Waals surface area contributed by atoms with Gasteiger partial charge in [0.15, 0.2) is 0 Å². The minimum atomic E-state index is -0.0331. The lowest BCUT2D eigenvalue weighted by atomic mass is 10.3. The fourth-order valence-electron chi connectivity index (χ4n) is 2.07. The van der Waals surface area contributed by atoms with Crippen molar-refractivity contribution in [1.82, 2.24) is 9.97 Å². The van der Waals surface area contributed by atoms with Gasteiger partial charge in [-0.3, -0.25) is 0 Å². The van der Waals surface area contributed by atoms with E-state index in [0.29, 0.717) is 33.0 Å². The van der Waals surface area contributed by atoms with Crippen molar-refractivity contribution >= 4 is 34.8 Å². The van der Waals surface area contributed by atoms with Crippen LogP contribution in [0.2, 0.25) is 15.2 Å². The van der Waals surface area contributed by atoms with Crippen LogP contribution in [0.3, 0.4) is 0 Å². The second-order valence-electron chi connectivity index (χ2n) is 5.11. The van der Waals surface area contributed by atoms with E-state index in [2.05, 4.69) is 9.97 Å². The smallest absolute Gasteiger partial charge is 0.326 e. The summed E-state index contributed by atoms with van der Waals surface area (Å²) in [7, 11) is 3.09. The monoisotopic (exact) mass is 426 g/mol. The molecule has 0 bridgehead atoms. The van der Waals surface area contributed by atoms with Crippen LogP contribution in [0.15, 0.2) is 42.5 Å². The third-order valence-corrected chi connectivity index (χ3v) is 4.13. The average Bonchev–Trinajstić information content (AvgIpc) is 2.64. The number of halogens is 3. The molecule has 0 aliphatic carbocycles. The van der Waals surface area contributed by atoms with Gasteiger partial charge >= 0.3 is 6.01 Å². The lowest BCUT2D eigenvalue weighted by Crippen LogP contribution is -1.96. The van der Waals surface area contributed by atoms with Crippen LogP contribution in [-0.2, 0) is 0 Å². The molecule has 0 amide bonds. The van der Waals surface area contributed by atoms with Crippen molar-refractivity contribution in [3.63, 3.8) is 0 Å². The molecule has 0 fully saturated rings. The van der Waals surface area contributed by atoms with E-state index in [-0.39, 0.29) is 17.0 Å². The quantitative estimate of drug-likeness (QED) is 0.447. The van der Waals surface area contributed by atoms with Crippen LogP contribution < -0.4 is 18.9 Å². The molecule has 0 atom stereocenters. The molecule has 0 saturated heterocycles. The highest BCUT2D eigenvalue weighted by Crippen LogP contribution is 2.35. The van der Waals surface area contributed by atoms with Gasteiger partial charge in [-0.25, -0.2) is 0 Å². The van der Waals surface area contributed by atoms with Crippen LogP contribution in [0.25, 0.3) is 0 Å². The number of methoxy groups -OCH3 is 2. The number of hydrogen-bond acceptors (Lipinski definition) is 6. The predicted octanol–water partition coefficient (Wildman–Crippen LogP) is 6.04. The Morgan fingerprint density at radius 1 is 0.704 bits per heavy atom. The third kappa shape index (κ3) is 4.86. The minimum absolute atomic E-state index is 0.0331. The summed E-state index contributed by atoms with van der Waals surface area (Å²) in [5, 5.41) is 0.813. The van der Waals surface area contributed by atoms with Gasteiger partial charge in [0.2, 0.25) is 5.88 Å². The molecule has 0 saturated carbocycles. The standard InChI is InChI=1S/C18H13Cl3N2O4/c1-24-10-3-5-14(12(19)7-10)26-17-9-16(21)22-18(23-17)27-15-6-4-11(25-2)8-13(15)20/h3-9H,1-2H3. The summed E-state index contributed by atoms with van der Waals surface area (Å²) < 4.78 is 21.5. The van der Waals surface area contributed by atoms with Gasteiger partial charge in [0.25, 0.3) is 0 Å². The van der Waals surface area contributed by atoms with Crippen molar-refractivity contribution in [1.29, 1.82) is 0 Å². The first-order chi connectivity index (χ1) is 13.0. The van der Waals surface area contributed by atoms with Crippen LogP contribution in [0, 0.1) is 0 Å². The Balaban J connectivity index is 1.84. The summed E-state index contributed by atoms with van der Waals surface area (Å²) in [6, 6.07) is 11.3. The molecule has 27 heavy (non-hydrogen) atoms. The highest BCUT2D eigenvalue weighted by molar-refractivity contribution is 6.32. The lowest BCUT2D eigenvalue weighted by Gasteiger charge is -2.11. The maximum absolute atomic E-state index is 6.17. The van der Waals surface area contributed by atoms with Gasteiger partial charge in [-0.15, -0.1) is 0 Å². The van der Waals surface area contributed by atoms with Crippen LogP contribution in [0.1, 0.15) is 0 Å². The molecule has 0 spiro atoms. The number of rotatable bonds is 6. The molecule has 0 radical (unpaired) electrons. The van der Waals surface area contributed by atoms with Gasteiger partial charge in [-0.2, -0.15) is 9.97 Å². The number of ether oxygens (including phenoxy) is 4. The summed E-state index contributed by atoms with van der Waals surface area (Å²) in [4.78, 5) is 8.19. The first-order valence-electron chi connectivity index (χ1n) is 7.56. The summed E-state index contributed by atoms with van der Waals surface area (Å²) in [5.41, 5.74) is 0. The number of nitrogens with zero attached hydrogens (tertiary/aromatic N) is 2. The molecule has 9 heteroatoms. The Bertz CT molecular complexity index is 896. The van der Waals surface area contributed by atoms with E-state index in [9.17, 15) is 0 Å². The second kappa shape index (κ2) is 8.52. The largest absolute Gasteiger partial charge is 0.497 e. The van der Waals surface area contributed by atoms with E-state index in [1.54, 1.807) is 50.6 Å². The minimum Gasteiger partial charge on any atom is -0.497 e. The topological polar surface area (TPSA) is 62.7 Å². The lowest BCUT2D eigenvalue weighted by molar-refractivity contribution is 0.402. The fourth-order valence-corrected chi connectivity index (χ4v) is 2.65. The normalized spacial score (nSPS) is 10.4. The molecular formula is C18H13Cl3N2O4. The van der Waals surface area contributed by atoms with E-state index in [4.69, 9.17) is 53.8 Å². The Labute approximate surface area is 170 Å². The Morgan fingerprint density at radius 3 is 1.78 bits per heavy atom. The van der Waals surface area contributed by atoms with Crippen molar-refractivity contribution in [2.24, 2.45) is 0 Å². The van der Waals surface area contributed by atoms with Gasteiger partial charge in [0, 0.05) is 18.2 Å². The zero-order valence-electron chi connectivity index (χ0n) is 14.2. The van der Waals surface area contributed by atoms with Crippen molar-refractivity contribution in [3.05, 3.63) is 57.7 Å². The molecular weight excluding hydrogens is 415 g/mol. The van der Waals surface area contributed by atoms with Crippen molar-refractivity contribution < 1.29 is 18.9 Å². The molecule has 0 aliphatic rings. The molecule has 0 unspecified atom stereocenters. The Morgan fingerprint density at radius 2 is 1.26 bits per heavy atom. The van der Waals surface area contributed by atoms with Crippen molar-refractivity contribution in [3.8, 4) is 34.9 Å². The van der Waals surface area contributed by atoms with Gasteiger partial charge in [-0.1, -0.05) is 34.8 Å². The predicted molar refractivity (Wildman–Crippen MR) is 103 cm³/mol.